The Bertz CT molecular complexity index is 675. The summed E-state index contributed by atoms with van der Waals surface area (Å²) in [5.41, 5.74) is 7.43. The molecule has 2 heterocycles. The van der Waals surface area contributed by atoms with E-state index in [1.807, 2.05) is 13.8 Å². The molecule has 2 aromatic heterocycles. The molecule has 2 aromatic rings. The van der Waals surface area contributed by atoms with Crippen molar-refractivity contribution in [3.63, 3.8) is 0 Å². The second kappa shape index (κ2) is 5.96. The highest BCUT2D eigenvalue weighted by Crippen LogP contribution is 2.26. The van der Waals surface area contributed by atoms with Gasteiger partial charge in [0.05, 0.1) is 24.2 Å². The SMILES string of the molecule is COC(=O)c1sccc1NC(=O)c1n[nH]c(C(C)C)c1N. The molecule has 2 rings (SSSR count). The fourth-order valence-corrected chi connectivity index (χ4v) is 2.58. The molecule has 0 radical (unpaired) electrons. The van der Waals surface area contributed by atoms with Crippen molar-refractivity contribution in [3.05, 3.63) is 27.7 Å². The molecule has 0 aliphatic carbocycles. The van der Waals surface area contributed by atoms with E-state index in [0.717, 1.165) is 0 Å². The van der Waals surface area contributed by atoms with Gasteiger partial charge in [-0.25, -0.2) is 4.79 Å². The van der Waals surface area contributed by atoms with Crippen LogP contribution in [0.5, 0.6) is 0 Å². The van der Waals surface area contributed by atoms with Gasteiger partial charge < -0.3 is 15.8 Å². The first-order chi connectivity index (χ1) is 9.95. The Morgan fingerprint density at radius 2 is 2.19 bits per heavy atom. The summed E-state index contributed by atoms with van der Waals surface area (Å²) < 4.78 is 4.66. The maximum atomic E-state index is 12.2. The molecule has 8 heteroatoms. The first kappa shape index (κ1) is 15.0. The summed E-state index contributed by atoms with van der Waals surface area (Å²) in [6.07, 6.45) is 0. The van der Waals surface area contributed by atoms with E-state index in [-0.39, 0.29) is 11.6 Å². The van der Waals surface area contributed by atoms with Crippen molar-refractivity contribution in [1.82, 2.24) is 10.2 Å². The molecular weight excluding hydrogens is 292 g/mol. The van der Waals surface area contributed by atoms with Gasteiger partial charge in [0.1, 0.15) is 4.88 Å². The van der Waals surface area contributed by atoms with Gasteiger partial charge in [-0.2, -0.15) is 5.10 Å². The number of aromatic amines is 1. The number of nitrogens with one attached hydrogen (secondary N) is 2. The number of carbonyl (C=O) groups is 2. The van der Waals surface area contributed by atoms with Gasteiger partial charge in [0.25, 0.3) is 5.91 Å². The third-order valence-corrected chi connectivity index (χ3v) is 3.80. The molecule has 4 N–H and O–H groups in total. The van der Waals surface area contributed by atoms with Gasteiger partial charge in [0.2, 0.25) is 0 Å². The van der Waals surface area contributed by atoms with Gasteiger partial charge in [-0.3, -0.25) is 9.89 Å². The quantitative estimate of drug-likeness (QED) is 0.750. The van der Waals surface area contributed by atoms with Gasteiger partial charge in [-0.1, -0.05) is 13.8 Å². The lowest BCUT2D eigenvalue weighted by molar-refractivity contribution is 0.0607. The van der Waals surface area contributed by atoms with Crippen molar-refractivity contribution < 1.29 is 14.3 Å². The molecule has 0 bridgehead atoms. The topological polar surface area (TPSA) is 110 Å². The number of esters is 1. The third kappa shape index (κ3) is 2.89. The molecule has 0 unspecified atom stereocenters. The normalized spacial score (nSPS) is 10.7. The number of carbonyl (C=O) groups excluding carboxylic acids is 2. The summed E-state index contributed by atoms with van der Waals surface area (Å²) in [6, 6.07) is 1.63. The Balaban J connectivity index is 2.23. The fraction of sp³-hybridized carbons (Fsp3) is 0.308. The fourth-order valence-electron chi connectivity index (χ4n) is 1.82. The number of methoxy groups -OCH3 is 1. The third-order valence-electron chi connectivity index (χ3n) is 2.91. The Kier molecular flexibility index (Phi) is 4.27. The van der Waals surface area contributed by atoms with Crippen molar-refractivity contribution in [2.24, 2.45) is 0 Å². The lowest BCUT2D eigenvalue weighted by atomic mass is 10.1. The second-order valence-electron chi connectivity index (χ2n) is 4.66. The van der Waals surface area contributed by atoms with Gasteiger partial charge >= 0.3 is 5.97 Å². The standard InChI is InChI=1S/C13H16N4O3S/c1-6(2)9-8(14)10(17-16-9)12(18)15-7-4-5-21-11(7)13(19)20-3/h4-6H,14H2,1-3H3,(H,15,18)(H,16,17). The number of nitrogen functional groups attached to an aromatic ring is 1. The van der Waals surface area contributed by atoms with Crippen LogP contribution < -0.4 is 11.1 Å². The highest BCUT2D eigenvalue weighted by atomic mass is 32.1. The number of amides is 1. The maximum Gasteiger partial charge on any atom is 0.350 e. The number of hydrogen-bond acceptors (Lipinski definition) is 6. The molecule has 7 nitrogen and oxygen atoms in total. The van der Waals surface area contributed by atoms with E-state index in [1.165, 1.54) is 18.4 Å². The summed E-state index contributed by atoms with van der Waals surface area (Å²) in [7, 11) is 1.29. The maximum absolute atomic E-state index is 12.2. The highest BCUT2D eigenvalue weighted by Gasteiger charge is 2.21. The van der Waals surface area contributed by atoms with E-state index >= 15 is 0 Å². The van der Waals surface area contributed by atoms with Crippen LogP contribution in [-0.4, -0.2) is 29.2 Å². The molecule has 0 aliphatic rings. The predicted octanol–water partition coefficient (Wildman–Crippen LogP) is 2.22. The first-order valence-corrected chi connectivity index (χ1v) is 7.14. The monoisotopic (exact) mass is 308 g/mol. The predicted molar refractivity (Wildman–Crippen MR) is 80.7 cm³/mol. The number of rotatable bonds is 4. The molecule has 0 spiro atoms. The van der Waals surface area contributed by atoms with E-state index in [2.05, 4.69) is 20.3 Å². The molecule has 21 heavy (non-hydrogen) atoms. The minimum Gasteiger partial charge on any atom is -0.465 e. The van der Waals surface area contributed by atoms with Crippen LogP contribution in [0, 0.1) is 0 Å². The number of nitrogens with two attached hydrogens (primary N) is 1. The van der Waals surface area contributed by atoms with Gasteiger partial charge in [-0.05, 0) is 17.4 Å². The van der Waals surface area contributed by atoms with Crippen molar-refractivity contribution in [2.45, 2.75) is 19.8 Å². The lowest BCUT2D eigenvalue weighted by Crippen LogP contribution is -2.16. The minimum absolute atomic E-state index is 0.112. The lowest BCUT2D eigenvalue weighted by Gasteiger charge is -2.05. The van der Waals surface area contributed by atoms with Crippen LogP contribution in [0.15, 0.2) is 11.4 Å². The average Bonchev–Trinajstić information content (AvgIpc) is 3.04. The van der Waals surface area contributed by atoms with E-state index in [4.69, 9.17) is 5.73 Å². The summed E-state index contributed by atoms with van der Waals surface area (Å²) >= 11 is 1.18. The molecule has 0 saturated carbocycles. The van der Waals surface area contributed by atoms with Crippen LogP contribution in [0.3, 0.4) is 0 Å². The summed E-state index contributed by atoms with van der Waals surface area (Å²) in [5.74, 6) is -0.844. The number of anilines is 2. The zero-order valence-electron chi connectivity index (χ0n) is 11.9. The number of H-pyrrole nitrogens is 1. The van der Waals surface area contributed by atoms with E-state index in [9.17, 15) is 9.59 Å². The Morgan fingerprint density at radius 3 is 2.76 bits per heavy atom. The zero-order chi connectivity index (χ0) is 15.6. The molecule has 0 saturated heterocycles. The Labute approximate surface area is 125 Å². The average molecular weight is 308 g/mol. The summed E-state index contributed by atoms with van der Waals surface area (Å²) in [6.45, 7) is 3.89. The number of hydrogen-bond donors (Lipinski definition) is 3. The molecule has 0 fully saturated rings. The van der Waals surface area contributed by atoms with Crippen LogP contribution in [0.4, 0.5) is 11.4 Å². The number of nitrogens with zero attached hydrogens (tertiary/aromatic N) is 1. The molecule has 0 atom stereocenters. The zero-order valence-corrected chi connectivity index (χ0v) is 12.7. The number of ether oxygens (including phenoxy) is 1. The van der Waals surface area contributed by atoms with Crippen LogP contribution in [0.2, 0.25) is 0 Å². The summed E-state index contributed by atoms with van der Waals surface area (Å²) in [5, 5.41) is 11.0. The van der Waals surface area contributed by atoms with Crippen molar-refractivity contribution in [2.75, 3.05) is 18.2 Å². The van der Waals surface area contributed by atoms with Crippen LogP contribution in [0.25, 0.3) is 0 Å². The van der Waals surface area contributed by atoms with Crippen LogP contribution in [0.1, 0.15) is 45.6 Å². The Morgan fingerprint density at radius 1 is 1.48 bits per heavy atom. The van der Waals surface area contributed by atoms with E-state index in [0.29, 0.717) is 21.9 Å². The Hall–Kier alpha value is -2.35. The van der Waals surface area contributed by atoms with Crippen molar-refractivity contribution in [3.8, 4) is 0 Å². The van der Waals surface area contributed by atoms with Crippen LogP contribution in [-0.2, 0) is 4.74 Å². The van der Waals surface area contributed by atoms with Gasteiger partial charge in [0, 0.05) is 0 Å². The van der Waals surface area contributed by atoms with Crippen molar-refractivity contribution in [1.29, 1.82) is 0 Å². The molecule has 112 valence electrons. The smallest absolute Gasteiger partial charge is 0.350 e. The molecule has 0 aromatic carbocycles. The number of aromatic nitrogens is 2. The minimum atomic E-state index is -0.502. The highest BCUT2D eigenvalue weighted by molar-refractivity contribution is 7.12. The van der Waals surface area contributed by atoms with E-state index in [1.54, 1.807) is 11.4 Å². The molecule has 0 aliphatic heterocycles. The first-order valence-electron chi connectivity index (χ1n) is 6.26. The van der Waals surface area contributed by atoms with E-state index < -0.39 is 11.9 Å². The van der Waals surface area contributed by atoms with Crippen molar-refractivity contribution >= 4 is 34.6 Å². The summed E-state index contributed by atoms with van der Waals surface area (Å²) in [4.78, 5) is 24.1. The number of thiophene rings is 1. The largest absolute Gasteiger partial charge is 0.465 e. The van der Waals surface area contributed by atoms with Gasteiger partial charge in [-0.15, -0.1) is 11.3 Å². The second-order valence-corrected chi connectivity index (χ2v) is 5.58. The molecular formula is C13H16N4O3S. The van der Waals surface area contributed by atoms with Gasteiger partial charge in [0.15, 0.2) is 5.69 Å². The molecule has 1 amide bonds. The van der Waals surface area contributed by atoms with Crippen LogP contribution >= 0.6 is 11.3 Å².